The molecule has 0 aliphatic carbocycles. The van der Waals surface area contributed by atoms with Crippen LogP contribution in [0.1, 0.15) is 38.9 Å². The smallest absolute Gasteiger partial charge is 0.305 e. The normalized spacial score (nSPS) is 12.0. The van der Waals surface area contributed by atoms with E-state index in [0.717, 1.165) is 109 Å². The van der Waals surface area contributed by atoms with Crippen molar-refractivity contribution in [2.75, 3.05) is 0 Å². The number of aliphatic hydroxyl groups is 9. The van der Waals surface area contributed by atoms with E-state index in [1.165, 1.54) is 36.8 Å². The summed E-state index contributed by atoms with van der Waals surface area (Å²) in [5, 5.41) is 86.7. The van der Waals surface area contributed by atoms with Crippen molar-refractivity contribution in [1.29, 1.82) is 0 Å². The summed E-state index contributed by atoms with van der Waals surface area (Å²) in [7, 11) is 0. The summed E-state index contributed by atoms with van der Waals surface area (Å²) >= 11 is 0. The molecule has 0 saturated carbocycles. The van der Waals surface area contributed by atoms with Gasteiger partial charge in [-0.1, -0.05) is 158 Å². The summed E-state index contributed by atoms with van der Waals surface area (Å²) in [6.45, 7) is 0. The molecule has 0 aliphatic rings. The van der Waals surface area contributed by atoms with Gasteiger partial charge in [-0.2, -0.15) is 0 Å². The molecule has 0 atom stereocenters. The number of aryl methyl sites for hydroxylation is 4. The summed E-state index contributed by atoms with van der Waals surface area (Å²) in [5.74, 6) is -8.95. The lowest BCUT2D eigenvalue weighted by Gasteiger charge is -2.18. The molecule has 10 rings (SSSR count). The topological polar surface area (TPSA) is 221 Å². The Bertz CT molecular complexity index is 3470. The van der Waals surface area contributed by atoms with E-state index in [-0.39, 0.29) is 16.7 Å². The molecular weight excluding hydrogens is 955 g/mol. The second-order valence-corrected chi connectivity index (χ2v) is 18.9. The van der Waals surface area contributed by atoms with Crippen molar-refractivity contribution >= 4 is 0 Å². The first-order chi connectivity index (χ1) is 36.5. The zero-order chi connectivity index (χ0) is 53.0. The number of pyridine rings is 3. The van der Waals surface area contributed by atoms with Crippen LogP contribution in [0.2, 0.25) is 0 Å². The highest BCUT2D eigenvalue weighted by Gasteiger charge is 2.24. The van der Waals surface area contributed by atoms with Gasteiger partial charge in [0.15, 0.2) is 0 Å². The number of rotatable bonds is 16. The van der Waals surface area contributed by atoms with E-state index in [1.807, 2.05) is 54.6 Å². The molecule has 76 heavy (non-hydrogen) atoms. The molecule has 0 spiro atoms. The van der Waals surface area contributed by atoms with Gasteiger partial charge in [0.05, 0.1) is 33.8 Å². The van der Waals surface area contributed by atoms with E-state index in [1.54, 1.807) is 18.2 Å². The van der Waals surface area contributed by atoms with Crippen molar-refractivity contribution in [1.82, 2.24) is 15.0 Å². The average Bonchev–Trinajstić information content (AvgIpc) is 3.44. The Labute approximate surface area is 438 Å². The number of hydrogen-bond acceptors (Lipinski definition) is 12. The lowest BCUT2D eigenvalue weighted by molar-refractivity contribution is -0.324. The Hall–Kier alpha value is -8.37. The number of nitrogens with zero attached hydrogens (tertiary/aromatic N) is 3. The Morgan fingerprint density at radius 1 is 0.250 bits per heavy atom. The molecule has 0 saturated heterocycles. The monoisotopic (exact) mass is 1010 g/mol. The number of aromatic nitrogens is 3. The molecule has 0 unspecified atom stereocenters. The maximum absolute atomic E-state index is 9.80. The summed E-state index contributed by atoms with van der Waals surface area (Å²) in [4.78, 5) is 13.1. The molecule has 3 heterocycles. The molecule has 9 N–H and O–H groups in total. The first-order valence-electron chi connectivity index (χ1n) is 24.6. The van der Waals surface area contributed by atoms with Gasteiger partial charge in [0.25, 0.3) is 0 Å². The lowest BCUT2D eigenvalue weighted by atomic mass is 9.86. The third kappa shape index (κ3) is 11.9. The van der Waals surface area contributed by atoms with Gasteiger partial charge in [0.1, 0.15) is 0 Å². The molecule has 0 fully saturated rings. The maximum atomic E-state index is 9.80. The Kier molecular flexibility index (Phi) is 14.4. The van der Waals surface area contributed by atoms with Crippen molar-refractivity contribution in [2.45, 2.75) is 43.6 Å². The highest BCUT2D eigenvalue weighted by Crippen LogP contribution is 2.41. The minimum absolute atomic E-state index is 0.128. The van der Waals surface area contributed by atoms with Crippen LogP contribution in [0, 0.1) is 0 Å². The maximum Gasteiger partial charge on any atom is 0.305 e. The van der Waals surface area contributed by atoms with E-state index in [2.05, 4.69) is 124 Å². The molecule has 10 aromatic rings. The Morgan fingerprint density at radius 2 is 0.618 bits per heavy atom. The average molecular weight is 1010 g/mol. The lowest BCUT2D eigenvalue weighted by Crippen LogP contribution is -2.23. The van der Waals surface area contributed by atoms with E-state index in [0.29, 0.717) is 17.1 Å². The molecule has 0 radical (unpaired) electrons. The second kappa shape index (κ2) is 21.5. The summed E-state index contributed by atoms with van der Waals surface area (Å²) in [6.07, 6.45) is 6.70. The molecule has 378 valence electrons. The highest BCUT2D eigenvalue weighted by atomic mass is 16.7. The van der Waals surface area contributed by atoms with Crippen molar-refractivity contribution in [3.05, 3.63) is 258 Å². The molecule has 0 aliphatic heterocycles. The predicted molar refractivity (Wildman–Crippen MR) is 291 cm³/mol. The van der Waals surface area contributed by atoms with Crippen molar-refractivity contribution in [3.8, 4) is 78.3 Å². The molecule has 12 nitrogen and oxygen atoms in total. The van der Waals surface area contributed by atoms with Crippen molar-refractivity contribution in [3.63, 3.8) is 0 Å². The van der Waals surface area contributed by atoms with Crippen LogP contribution in [0.3, 0.4) is 0 Å². The van der Waals surface area contributed by atoms with Gasteiger partial charge in [-0.15, -0.1) is 0 Å². The second-order valence-electron chi connectivity index (χ2n) is 18.9. The van der Waals surface area contributed by atoms with Gasteiger partial charge < -0.3 is 46.0 Å². The zero-order valence-electron chi connectivity index (χ0n) is 41.0. The standard InChI is InChI=1S/C64H53N3O9/c68-62(69,70)52-27-31-59(65-38-52)48-18-14-41(15-19-48)10-12-43-34-44(13-11-42-16-20-49(21-17-42)60-32-28-53(39-66-60)63(71,72)73)36-51(35-43)55-8-4-5-9-56(55)57-30-26-50(61-33-29-54(40-67-61)64(74,75)76)37-58(57)47-24-22-46(23-25-47)45-6-2-1-3-7-45/h1-9,14-40,68-76H,10-13H2. The first-order valence-corrected chi connectivity index (χ1v) is 24.6. The fraction of sp³-hybridized carbons (Fsp3) is 0.109. The van der Waals surface area contributed by atoms with Crippen molar-refractivity contribution in [2.24, 2.45) is 0 Å². The molecular formula is C64H53N3O9. The van der Waals surface area contributed by atoms with Gasteiger partial charge in [-0.3, -0.25) is 15.0 Å². The van der Waals surface area contributed by atoms with E-state index >= 15 is 0 Å². The number of hydrogen-bond donors (Lipinski definition) is 9. The summed E-state index contributed by atoms with van der Waals surface area (Å²) in [6, 6.07) is 65.4. The summed E-state index contributed by atoms with van der Waals surface area (Å²) < 4.78 is 0. The third-order valence-corrected chi connectivity index (χ3v) is 13.6. The van der Waals surface area contributed by atoms with Gasteiger partial charge in [0, 0.05) is 35.3 Å². The quantitative estimate of drug-likeness (QED) is 0.0414. The molecule has 3 aromatic heterocycles. The molecule has 12 heteroatoms. The minimum Gasteiger partial charge on any atom is -0.340 e. The van der Waals surface area contributed by atoms with Crippen LogP contribution in [0.4, 0.5) is 0 Å². The van der Waals surface area contributed by atoms with E-state index in [4.69, 9.17) is 0 Å². The van der Waals surface area contributed by atoms with Crippen LogP contribution in [-0.4, -0.2) is 60.9 Å². The third-order valence-electron chi connectivity index (χ3n) is 13.6. The Morgan fingerprint density at radius 3 is 1.07 bits per heavy atom. The van der Waals surface area contributed by atoms with Crippen LogP contribution < -0.4 is 0 Å². The first kappa shape index (κ1) is 51.1. The van der Waals surface area contributed by atoms with Crippen LogP contribution in [-0.2, 0) is 43.6 Å². The van der Waals surface area contributed by atoms with Crippen LogP contribution in [0.15, 0.2) is 219 Å². The predicted octanol–water partition coefficient (Wildman–Crippen LogP) is 9.37. The van der Waals surface area contributed by atoms with Gasteiger partial charge in [-0.05, 0) is 135 Å². The largest absolute Gasteiger partial charge is 0.340 e. The minimum atomic E-state index is -3.01. The fourth-order valence-corrected chi connectivity index (χ4v) is 9.38. The number of benzene rings is 7. The van der Waals surface area contributed by atoms with Crippen LogP contribution >= 0.6 is 0 Å². The Balaban J connectivity index is 0.995. The molecule has 0 amide bonds. The van der Waals surface area contributed by atoms with Crippen LogP contribution in [0.25, 0.3) is 78.3 Å². The van der Waals surface area contributed by atoms with E-state index < -0.39 is 17.9 Å². The van der Waals surface area contributed by atoms with Crippen molar-refractivity contribution < 1.29 is 46.0 Å². The fourth-order valence-electron chi connectivity index (χ4n) is 9.38. The van der Waals surface area contributed by atoms with Crippen LogP contribution in [0.5, 0.6) is 0 Å². The zero-order valence-corrected chi connectivity index (χ0v) is 41.0. The van der Waals surface area contributed by atoms with Gasteiger partial charge >= 0.3 is 17.9 Å². The van der Waals surface area contributed by atoms with Gasteiger partial charge in [-0.25, -0.2) is 0 Å². The van der Waals surface area contributed by atoms with E-state index in [9.17, 15) is 46.0 Å². The SMILES string of the molecule is OC(O)(O)c1ccc(-c2ccc(CCc3cc(CCc4ccc(-c5ccc(C(O)(O)O)cn5)cc4)cc(-c4ccccc4-c4ccc(-c5ccc(C(O)(O)O)cn5)cc4-c4ccc(-c5ccccc5)cc4)c3)cc2)nc1. The van der Waals surface area contributed by atoms with Gasteiger partial charge in [0.2, 0.25) is 0 Å². The highest BCUT2D eigenvalue weighted by molar-refractivity contribution is 5.94. The molecule has 7 aromatic carbocycles. The molecule has 0 bridgehead atoms. The summed E-state index contributed by atoms with van der Waals surface area (Å²) in [5.41, 5.74) is 16.7.